The summed E-state index contributed by atoms with van der Waals surface area (Å²) in [7, 11) is 0. The Morgan fingerprint density at radius 1 is 1.12 bits per heavy atom. The van der Waals surface area contributed by atoms with Gasteiger partial charge < -0.3 is 9.73 Å². The molecule has 0 amide bonds. The molecule has 0 spiro atoms. The van der Waals surface area contributed by atoms with Gasteiger partial charge in [0.15, 0.2) is 0 Å². The second-order valence-electron chi connectivity index (χ2n) is 4.24. The molecule has 82 valence electrons. The molecule has 0 saturated carbocycles. The van der Waals surface area contributed by atoms with Gasteiger partial charge in [0.1, 0.15) is 11.3 Å². The quantitative estimate of drug-likeness (QED) is 0.787. The second-order valence-corrected chi connectivity index (χ2v) is 4.24. The van der Waals surface area contributed by atoms with Crippen LogP contribution < -0.4 is 5.32 Å². The average molecular weight is 213 g/mol. The Labute approximate surface area is 95.0 Å². The minimum Gasteiger partial charge on any atom is -0.457 e. The van der Waals surface area contributed by atoms with Crippen molar-refractivity contribution in [3.05, 3.63) is 41.7 Å². The highest BCUT2D eigenvalue weighted by atomic mass is 16.3. The summed E-state index contributed by atoms with van der Waals surface area (Å²) in [6, 6.07) is 10.3. The lowest BCUT2D eigenvalue weighted by molar-refractivity contribution is 0.593. The minimum absolute atomic E-state index is 0.975. The summed E-state index contributed by atoms with van der Waals surface area (Å²) < 4.78 is 5.77. The molecule has 0 bridgehead atoms. The van der Waals surface area contributed by atoms with Crippen LogP contribution in [-0.2, 0) is 0 Å². The van der Waals surface area contributed by atoms with E-state index in [4.69, 9.17) is 4.42 Å². The number of rotatable bonds is 1. The molecule has 1 aliphatic heterocycles. The third-order valence-corrected chi connectivity index (χ3v) is 3.04. The van der Waals surface area contributed by atoms with Crippen molar-refractivity contribution in [2.45, 2.75) is 12.8 Å². The monoisotopic (exact) mass is 213 g/mol. The standard InChI is InChI=1S/C14H15NO/c1-2-4-14-12(3-1)10-13(16-14)9-11-5-7-15-8-6-11/h1-4,9-10,15H,5-8H2. The molecule has 0 radical (unpaired) electrons. The lowest BCUT2D eigenvalue weighted by Crippen LogP contribution is -2.22. The molecule has 0 aliphatic carbocycles. The van der Waals surface area contributed by atoms with E-state index in [1.165, 1.54) is 11.0 Å². The minimum atomic E-state index is 0.975. The van der Waals surface area contributed by atoms with E-state index in [1.54, 1.807) is 0 Å². The molecule has 1 N–H and O–H groups in total. The molecular formula is C14H15NO. The topological polar surface area (TPSA) is 25.2 Å². The van der Waals surface area contributed by atoms with E-state index in [2.05, 4.69) is 23.5 Å². The van der Waals surface area contributed by atoms with E-state index in [0.717, 1.165) is 37.3 Å². The van der Waals surface area contributed by atoms with Crippen LogP contribution >= 0.6 is 0 Å². The number of nitrogens with one attached hydrogen (secondary N) is 1. The van der Waals surface area contributed by atoms with Crippen molar-refractivity contribution < 1.29 is 4.42 Å². The first kappa shape index (κ1) is 9.67. The third kappa shape index (κ3) is 1.89. The predicted octanol–water partition coefficient (Wildman–Crippen LogP) is 3.20. The Morgan fingerprint density at radius 3 is 2.75 bits per heavy atom. The highest BCUT2D eigenvalue weighted by Crippen LogP contribution is 2.22. The molecule has 1 saturated heterocycles. The van der Waals surface area contributed by atoms with E-state index in [0.29, 0.717) is 0 Å². The maximum absolute atomic E-state index is 5.77. The highest BCUT2D eigenvalue weighted by Gasteiger charge is 2.06. The van der Waals surface area contributed by atoms with E-state index < -0.39 is 0 Å². The molecule has 2 aromatic rings. The van der Waals surface area contributed by atoms with Gasteiger partial charge in [-0.15, -0.1) is 0 Å². The summed E-state index contributed by atoms with van der Waals surface area (Å²) in [4.78, 5) is 0. The van der Waals surface area contributed by atoms with Gasteiger partial charge in [-0.2, -0.15) is 0 Å². The van der Waals surface area contributed by atoms with Crippen molar-refractivity contribution in [1.82, 2.24) is 5.32 Å². The number of benzene rings is 1. The zero-order valence-corrected chi connectivity index (χ0v) is 9.20. The van der Waals surface area contributed by atoms with Crippen LogP contribution in [0.25, 0.3) is 17.0 Å². The lowest BCUT2D eigenvalue weighted by Gasteiger charge is -2.14. The van der Waals surface area contributed by atoms with Crippen LogP contribution in [0.5, 0.6) is 0 Å². The number of fused-ring (bicyclic) bond motifs is 1. The Kier molecular flexibility index (Phi) is 2.50. The number of para-hydroxylation sites is 1. The molecular weight excluding hydrogens is 198 g/mol. The van der Waals surface area contributed by atoms with Gasteiger partial charge >= 0.3 is 0 Å². The van der Waals surface area contributed by atoms with Crippen LogP contribution in [0.3, 0.4) is 0 Å². The van der Waals surface area contributed by atoms with E-state index in [-0.39, 0.29) is 0 Å². The van der Waals surface area contributed by atoms with Crippen LogP contribution in [0.1, 0.15) is 18.6 Å². The number of hydrogen-bond donors (Lipinski definition) is 1. The molecule has 1 aromatic heterocycles. The van der Waals surface area contributed by atoms with Crippen molar-refractivity contribution in [2.24, 2.45) is 0 Å². The van der Waals surface area contributed by atoms with Gasteiger partial charge in [-0.05, 0) is 44.1 Å². The lowest BCUT2D eigenvalue weighted by atomic mass is 10.0. The molecule has 1 fully saturated rings. The van der Waals surface area contributed by atoms with E-state index in [1.807, 2.05) is 18.2 Å². The summed E-state index contributed by atoms with van der Waals surface area (Å²) in [5.74, 6) is 0.984. The van der Waals surface area contributed by atoms with Gasteiger partial charge in [-0.1, -0.05) is 23.8 Å². The molecule has 16 heavy (non-hydrogen) atoms. The van der Waals surface area contributed by atoms with Crippen LogP contribution in [0, 0.1) is 0 Å². The fraction of sp³-hybridized carbons (Fsp3) is 0.286. The molecule has 1 aromatic carbocycles. The van der Waals surface area contributed by atoms with E-state index >= 15 is 0 Å². The van der Waals surface area contributed by atoms with Crippen molar-refractivity contribution in [3.8, 4) is 0 Å². The third-order valence-electron chi connectivity index (χ3n) is 3.04. The predicted molar refractivity (Wildman–Crippen MR) is 66.3 cm³/mol. The maximum Gasteiger partial charge on any atom is 0.134 e. The maximum atomic E-state index is 5.77. The Bertz CT molecular complexity index is 483. The average Bonchev–Trinajstić information content (AvgIpc) is 2.72. The van der Waals surface area contributed by atoms with Gasteiger partial charge in [0, 0.05) is 5.39 Å². The van der Waals surface area contributed by atoms with Crippen molar-refractivity contribution in [1.29, 1.82) is 0 Å². The van der Waals surface area contributed by atoms with Gasteiger partial charge in [-0.3, -0.25) is 0 Å². The number of hydrogen-bond acceptors (Lipinski definition) is 2. The largest absolute Gasteiger partial charge is 0.457 e. The zero-order valence-electron chi connectivity index (χ0n) is 9.20. The van der Waals surface area contributed by atoms with Crippen molar-refractivity contribution in [2.75, 3.05) is 13.1 Å². The highest BCUT2D eigenvalue weighted by molar-refractivity contribution is 5.79. The first-order valence-electron chi connectivity index (χ1n) is 5.80. The molecule has 0 atom stereocenters. The van der Waals surface area contributed by atoms with Gasteiger partial charge in [0.2, 0.25) is 0 Å². The first-order valence-corrected chi connectivity index (χ1v) is 5.80. The molecule has 3 rings (SSSR count). The second kappa shape index (κ2) is 4.14. The molecule has 0 unspecified atom stereocenters. The first-order chi connectivity index (χ1) is 7.92. The Morgan fingerprint density at radius 2 is 1.94 bits per heavy atom. The summed E-state index contributed by atoms with van der Waals surface area (Å²) >= 11 is 0. The van der Waals surface area contributed by atoms with Gasteiger partial charge in [0.05, 0.1) is 0 Å². The van der Waals surface area contributed by atoms with Gasteiger partial charge in [0.25, 0.3) is 0 Å². The number of furan rings is 1. The number of piperidine rings is 1. The Hall–Kier alpha value is -1.54. The van der Waals surface area contributed by atoms with Crippen LogP contribution in [0.15, 0.2) is 40.3 Å². The molecule has 2 heteroatoms. The summed E-state index contributed by atoms with van der Waals surface area (Å²) in [5, 5.41) is 4.54. The van der Waals surface area contributed by atoms with Crippen molar-refractivity contribution in [3.63, 3.8) is 0 Å². The summed E-state index contributed by atoms with van der Waals surface area (Å²) in [5.41, 5.74) is 2.46. The van der Waals surface area contributed by atoms with Crippen LogP contribution in [0.2, 0.25) is 0 Å². The zero-order chi connectivity index (χ0) is 10.8. The normalized spacial score (nSPS) is 16.6. The van der Waals surface area contributed by atoms with Crippen LogP contribution in [0.4, 0.5) is 0 Å². The molecule has 2 heterocycles. The van der Waals surface area contributed by atoms with Crippen LogP contribution in [-0.4, -0.2) is 13.1 Å². The molecule has 1 aliphatic rings. The SMILES string of the molecule is C(=C1CCNCC1)c1cc2ccccc2o1. The summed E-state index contributed by atoms with van der Waals surface area (Å²) in [6.45, 7) is 2.18. The smallest absolute Gasteiger partial charge is 0.134 e. The van der Waals surface area contributed by atoms with Gasteiger partial charge in [-0.25, -0.2) is 0 Å². The fourth-order valence-electron chi connectivity index (χ4n) is 2.17. The van der Waals surface area contributed by atoms with Crippen molar-refractivity contribution >= 4 is 17.0 Å². The fourth-order valence-corrected chi connectivity index (χ4v) is 2.17. The summed E-state index contributed by atoms with van der Waals surface area (Å²) in [6.07, 6.45) is 4.47. The molecule has 2 nitrogen and oxygen atoms in total. The van der Waals surface area contributed by atoms with E-state index in [9.17, 15) is 0 Å². The Balaban J connectivity index is 1.93.